The van der Waals surface area contributed by atoms with Crippen LogP contribution in [0.3, 0.4) is 0 Å². The largest absolute Gasteiger partial charge is 0.381 e. The molecule has 1 aromatic carbocycles. The van der Waals surface area contributed by atoms with Crippen LogP contribution in [0.4, 0.5) is 0 Å². The maximum atomic E-state index is 6.22. The summed E-state index contributed by atoms with van der Waals surface area (Å²) in [6, 6.07) is 8.88. The first kappa shape index (κ1) is 14.8. The lowest BCUT2D eigenvalue weighted by Crippen LogP contribution is -2.40. The molecule has 0 aromatic heterocycles. The maximum Gasteiger partial charge on any atom is 0.0478 e. The van der Waals surface area contributed by atoms with E-state index in [1.165, 1.54) is 18.4 Å². The lowest BCUT2D eigenvalue weighted by Gasteiger charge is -2.36. The van der Waals surface area contributed by atoms with Crippen LogP contribution in [0.2, 0.25) is 5.02 Å². The van der Waals surface area contributed by atoms with Gasteiger partial charge in [0.15, 0.2) is 0 Å². The number of hydrogen-bond acceptors (Lipinski definition) is 2. The second-order valence-electron chi connectivity index (χ2n) is 5.31. The number of nitrogens with one attached hydrogen (secondary N) is 1. The normalized spacial score (nSPS) is 22.2. The minimum Gasteiger partial charge on any atom is -0.381 e. The topological polar surface area (TPSA) is 21.3 Å². The van der Waals surface area contributed by atoms with E-state index < -0.39 is 0 Å². The molecular weight excluding hydrogens is 258 g/mol. The van der Waals surface area contributed by atoms with E-state index in [4.69, 9.17) is 16.3 Å². The predicted octanol–water partition coefficient (Wildman–Crippen LogP) is 3.99. The third-order valence-corrected chi connectivity index (χ3v) is 4.07. The van der Waals surface area contributed by atoms with Crippen molar-refractivity contribution in [1.29, 1.82) is 0 Å². The Morgan fingerprint density at radius 3 is 2.79 bits per heavy atom. The molecule has 1 aromatic rings. The van der Waals surface area contributed by atoms with Crippen molar-refractivity contribution in [3.8, 4) is 0 Å². The minimum absolute atomic E-state index is 0.641. The summed E-state index contributed by atoms with van der Waals surface area (Å²) >= 11 is 6.22. The number of rotatable bonds is 8. The number of halogens is 1. The summed E-state index contributed by atoms with van der Waals surface area (Å²) in [5.41, 5.74) is 1.31. The molecule has 0 heterocycles. The standard InChI is InChI=1S/C16H24ClNO/c1-2-9-19-10-5-8-18-14-11-13(12-14)15-6-3-4-7-16(15)17/h3-4,6-7,13-14,18H,2,5,8-12H2,1H3. The van der Waals surface area contributed by atoms with E-state index >= 15 is 0 Å². The quantitative estimate of drug-likeness (QED) is 0.728. The van der Waals surface area contributed by atoms with E-state index in [-0.39, 0.29) is 0 Å². The number of benzene rings is 1. The van der Waals surface area contributed by atoms with Crippen LogP contribution in [-0.2, 0) is 4.74 Å². The van der Waals surface area contributed by atoms with Gasteiger partial charge in [-0.15, -0.1) is 0 Å². The van der Waals surface area contributed by atoms with E-state index in [1.54, 1.807) is 0 Å². The smallest absolute Gasteiger partial charge is 0.0478 e. The number of hydrogen-bond donors (Lipinski definition) is 1. The van der Waals surface area contributed by atoms with E-state index in [2.05, 4.69) is 24.4 Å². The van der Waals surface area contributed by atoms with Gasteiger partial charge in [-0.1, -0.05) is 36.7 Å². The Balaban J connectivity index is 1.58. The highest BCUT2D eigenvalue weighted by molar-refractivity contribution is 6.31. The van der Waals surface area contributed by atoms with Crippen molar-refractivity contribution in [3.63, 3.8) is 0 Å². The molecule has 2 rings (SSSR count). The first-order valence-corrected chi connectivity index (χ1v) is 7.74. The van der Waals surface area contributed by atoms with Gasteiger partial charge < -0.3 is 10.1 Å². The van der Waals surface area contributed by atoms with E-state index in [9.17, 15) is 0 Å². The molecule has 1 N–H and O–H groups in total. The van der Waals surface area contributed by atoms with Crippen molar-refractivity contribution >= 4 is 11.6 Å². The van der Waals surface area contributed by atoms with Crippen molar-refractivity contribution in [2.45, 2.75) is 44.6 Å². The first-order valence-electron chi connectivity index (χ1n) is 7.36. The Bertz CT molecular complexity index is 377. The second-order valence-corrected chi connectivity index (χ2v) is 5.71. The highest BCUT2D eigenvalue weighted by Crippen LogP contribution is 2.39. The number of ether oxygens (including phenoxy) is 1. The Morgan fingerprint density at radius 1 is 1.26 bits per heavy atom. The predicted molar refractivity (Wildman–Crippen MR) is 80.9 cm³/mol. The molecule has 106 valence electrons. The molecule has 0 bridgehead atoms. The van der Waals surface area contributed by atoms with Gasteiger partial charge in [0, 0.05) is 24.3 Å². The van der Waals surface area contributed by atoms with Gasteiger partial charge >= 0.3 is 0 Å². The zero-order chi connectivity index (χ0) is 13.5. The summed E-state index contributed by atoms with van der Waals surface area (Å²) < 4.78 is 5.46. The zero-order valence-corrected chi connectivity index (χ0v) is 12.5. The molecule has 0 aliphatic heterocycles. The van der Waals surface area contributed by atoms with Crippen LogP contribution >= 0.6 is 11.6 Å². The lowest BCUT2D eigenvalue weighted by molar-refractivity contribution is 0.130. The average molecular weight is 282 g/mol. The van der Waals surface area contributed by atoms with Crippen LogP contribution in [0.25, 0.3) is 0 Å². The fraction of sp³-hybridized carbons (Fsp3) is 0.625. The Morgan fingerprint density at radius 2 is 2.05 bits per heavy atom. The summed E-state index contributed by atoms with van der Waals surface area (Å²) in [7, 11) is 0. The van der Waals surface area contributed by atoms with Crippen molar-refractivity contribution in [3.05, 3.63) is 34.9 Å². The Hall–Kier alpha value is -0.570. The van der Waals surface area contributed by atoms with Gasteiger partial charge in [-0.3, -0.25) is 0 Å². The van der Waals surface area contributed by atoms with E-state index in [1.807, 2.05) is 12.1 Å². The van der Waals surface area contributed by atoms with Crippen LogP contribution in [0.1, 0.15) is 44.1 Å². The molecule has 0 saturated heterocycles. The highest BCUT2D eigenvalue weighted by atomic mass is 35.5. The van der Waals surface area contributed by atoms with Gasteiger partial charge in [-0.25, -0.2) is 0 Å². The minimum atomic E-state index is 0.641. The molecular formula is C16H24ClNO. The fourth-order valence-corrected chi connectivity index (χ4v) is 2.86. The molecule has 1 aliphatic carbocycles. The van der Waals surface area contributed by atoms with Crippen LogP contribution < -0.4 is 5.32 Å². The molecule has 0 amide bonds. The molecule has 2 nitrogen and oxygen atoms in total. The van der Waals surface area contributed by atoms with E-state index in [0.29, 0.717) is 12.0 Å². The van der Waals surface area contributed by atoms with Gasteiger partial charge in [0.2, 0.25) is 0 Å². The van der Waals surface area contributed by atoms with Gasteiger partial charge in [0.1, 0.15) is 0 Å². The van der Waals surface area contributed by atoms with Gasteiger partial charge in [0.05, 0.1) is 0 Å². The molecule has 1 fully saturated rings. The van der Waals surface area contributed by atoms with Crippen molar-refractivity contribution < 1.29 is 4.74 Å². The van der Waals surface area contributed by atoms with Crippen molar-refractivity contribution in [2.24, 2.45) is 0 Å². The second kappa shape index (κ2) is 7.88. The van der Waals surface area contributed by atoms with Gasteiger partial charge in [-0.2, -0.15) is 0 Å². The molecule has 0 unspecified atom stereocenters. The van der Waals surface area contributed by atoms with Crippen molar-refractivity contribution in [1.82, 2.24) is 5.32 Å². The molecule has 19 heavy (non-hydrogen) atoms. The van der Waals surface area contributed by atoms with Crippen molar-refractivity contribution in [2.75, 3.05) is 19.8 Å². The molecule has 0 atom stereocenters. The SMILES string of the molecule is CCCOCCCNC1CC(c2ccccc2Cl)C1. The summed E-state index contributed by atoms with van der Waals surface area (Å²) in [5, 5.41) is 4.51. The van der Waals surface area contributed by atoms with Gasteiger partial charge in [-0.05, 0) is 49.8 Å². The molecule has 1 aliphatic rings. The molecule has 0 spiro atoms. The summed E-state index contributed by atoms with van der Waals surface area (Å²) in [4.78, 5) is 0. The zero-order valence-electron chi connectivity index (χ0n) is 11.7. The highest BCUT2D eigenvalue weighted by Gasteiger charge is 2.30. The monoisotopic (exact) mass is 281 g/mol. The molecule has 3 heteroatoms. The molecule has 0 radical (unpaired) electrons. The molecule has 1 saturated carbocycles. The Kier molecular flexibility index (Phi) is 6.15. The fourth-order valence-electron chi connectivity index (χ4n) is 2.57. The van der Waals surface area contributed by atoms with Crippen LogP contribution in [-0.4, -0.2) is 25.8 Å². The third kappa shape index (κ3) is 4.48. The Labute approximate surface area is 121 Å². The third-order valence-electron chi connectivity index (χ3n) is 3.73. The summed E-state index contributed by atoms with van der Waals surface area (Å²) in [5.74, 6) is 0.641. The van der Waals surface area contributed by atoms with Gasteiger partial charge in [0.25, 0.3) is 0 Å². The first-order chi connectivity index (χ1) is 9.31. The van der Waals surface area contributed by atoms with Crippen LogP contribution in [0.15, 0.2) is 24.3 Å². The lowest BCUT2D eigenvalue weighted by atomic mass is 9.76. The van der Waals surface area contributed by atoms with Crippen LogP contribution in [0.5, 0.6) is 0 Å². The summed E-state index contributed by atoms with van der Waals surface area (Å²) in [6.45, 7) is 4.96. The van der Waals surface area contributed by atoms with Crippen LogP contribution in [0, 0.1) is 0 Å². The van der Waals surface area contributed by atoms with E-state index in [0.717, 1.165) is 37.6 Å². The summed E-state index contributed by atoms with van der Waals surface area (Å²) in [6.07, 6.45) is 4.63. The average Bonchev–Trinajstić information content (AvgIpc) is 2.37. The maximum absolute atomic E-state index is 6.22.